The second-order valence-corrected chi connectivity index (χ2v) is 35.2. The van der Waals surface area contributed by atoms with Crippen LogP contribution in [0.2, 0.25) is 0 Å². The van der Waals surface area contributed by atoms with Crippen LogP contribution in [0.1, 0.15) is 250 Å². The lowest BCUT2D eigenvalue weighted by Crippen LogP contribution is -2.35. The Balaban J connectivity index is 0.000000152. The monoisotopic (exact) mass is 1630 g/mol. The number of aryl methyl sites for hydroxylation is 5. The zero-order chi connectivity index (χ0) is 98.6. The largest absolute Gasteiger partial charge is 0.264 e. The van der Waals surface area contributed by atoms with Crippen LogP contribution in [0, 0.1) is 69.2 Å². The molecule has 16 rings (SSSR count). The molecule has 624 valence electrons. The van der Waals surface area contributed by atoms with Gasteiger partial charge in [-0.1, -0.05) is 188 Å². The topological polar surface area (TPSA) is 58.1 Å². The number of aromatic nitrogens is 8. The number of fused-ring (bicyclic) bond motifs is 5. The highest BCUT2D eigenvalue weighted by molar-refractivity contribution is 5.99. The highest BCUT2D eigenvalue weighted by atomic mass is 15.0. The van der Waals surface area contributed by atoms with E-state index < -0.39 is 18.6 Å². The Labute approximate surface area is 746 Å². The van der Waals surface area contributed by atoms with E-state index >= 15 is 0 Å². The van der Waals surface area contributed by atoms with E-state index in [4.69, 9.17) is 16.4 Å². The minimum Gasteiger partial charge on any atom is -0.264 e. The molecule has 0 spiro atoms. The van der Waals surface area contributed by atoms with E-state index in [2.05, 4.69) is 255 Å². The average Bonchev–Trinajstić information content (AvgIpc) is 0.740. The van der Waals surface area contributed by atoms with Gasteiger partial charge in [-0.15, -0.1) is 0 Å². The molecule has 0 fully saturated rings. The van der Waals surface area contributed by atoms with Gasteiger partial charge in [-0.3, -0.25) is 15.0 Å². The van der Waals surface area contributed by atoms with Gasteiger partial charge in [0.2, 0.25) is 28.5 Å². The molecule has 0 radical (unpaired) electrons. The van der Waals surface area contributed by atoms with Gasteiger partial charge in [-0.05, 0) is 267 Å². The molecule has 0 saturated carbocycles. The molecule has 0 aliphatic heterocycles. The van der Waals surface area contributed by atoms with E-state index in [9.17, 15) is 0 Å². The predicted molar refractivity (Wildman–Crippen MR) is 518 cm³/mol. The Morgan fingerprint density at radius 2 is 0.664 bits per heavy atom. The standard InChI is InChI=1S/C26H27N2.2C24H30N.2C20H23N2/c1-17(2)20-10-11-24-23(14-20)13-19(4)28(5)26(24)25-15-21(9-8-18(25)3)22-7-6-12-27-16-22;2*1-15(2)19-8-9-22-20(13-19)10-11-25(7)24(22)23-14-21(16(3)4)12-17(5)18(23)6;1-13(2)16-6-7-19-17(11-16)10-15(4)22(5)20(19)18-8-9-21-12-14(18)3;1-13(2)16-6-7-18-17(11-16)10-15(4)22(5)20(18)19-12-21-9-8-14(19)3/h6-17H,1-5H3;2*8-16H,1-7H3;2*6-13H,1-5H3/q5*+1/i13D;3D3,10D,11D,16D;10D,11D,16D;2*10D. The number of hydrogen-bond donors (Lipinski definition) is 0. The molecule has 8 heterocycles. The fourth-order valence-corrected chi connectivity index (χ4v) is 16.2. The fourth-order valence-electron chi connectivity index (χ4n) is 16.2. The van der Waals surface area contributed by atoms with Crippen molar-refractivity contribution in [3.8, 4) is 67.4 Å². The van der Waals surface area contributed by atoms with Crippen molar-refractivity contribution in [2.45, 2.75) is 207 Å². The molecule has 1 atom stereocenters. The van der Waals surface area contributed by atoms with Crippen LogP contribution >= 0.6 is 0 Å². The molecule has 1 unspecified atom stereocenters. The lowest BCUT2D eigenvalue weighted by Gasteiger charge is -2.15. The molecule has 0 N–H and O–H groups in total. The minimum absolute atomic E-state index is 0.0929. The van der Waals surface area contributed by atoms with Gasteiger partial charge in [-0.25, -0.2) is 9.13 Å². The fraction of sp³-hybridized carbons (Fsp3) is 0.316. The first-order valence-electron chi connectivity index (χ1n) is 49.0. The Hall–Kier alpha value is -11.7. The predicted octanol–water partition coefficient (Wildman–Crippen LogP) is 27.5. The number of benzene rings is 8. The van der Waals surface area contributed by atoms with Crippen LogP contribution < -0.4 is 22.8 Å². The summed E-state index contributed by atoms with van der Waals surface area (Å²) in [5.74, 6) is -0.454. The van der Waals surface area contributed by atoms with Gasteiger partial charge < -0.3 is 0 Å². The van der Waals surface area contributed by atoms with Crippen LogP contribution in [0.25, 0.3) is 121 Å². The van der Waals surface area contributed by atoms with E-state index in [0.29, 0.717) is 58.7 Å². The smallest absolute Gasteiger partial charge is 0.222 e. The SMILES string of the molecule is [2H]c1c(C)[n+](C)c(-c2cc(-c3cccnc3)ccc2C)c2ccc(C(C)C)cc12.[2H]c1c(C)[n+](C)c(-c2ccncc2C)c2ccc(C(C)C)cc12.[2H]c1c(C)[n+](C)c(-c2cnccc2C)c2ccc(C(C)C)cc12.[2H]c1c([2H])[n+](C)c(-c2cc(C([2H])(C)C([2H])([2H])[2H])cc(C)c2C)c2ccc(C(C)C)cc12.[2H]c1c([2H])[n+](C)c(-c2cc(C([2H])(C)C)cc(C)c2C)c2ccc(C(C)C)cc12. The Kier molecular flexibility index (Phi) is 23.2. The number of rotatable bonds is 13. The molecule has 8 nitrogen and oxygen atoms in total. The Morgan fingerprint density at radius 3 is 1.05 bits per heavy atom. The first-order valence-corrected chi connectivity index (χ1v) is 43.0. The van der Waals surface area contributed by atoms with Gasteiger partial charge in [0.1, 0.15) is 38.0 Å². The van der Waals surface area contributed by atoms with E-state index in [1.165, 1.54) is 51.4 Å². The summed E-state index contributed by atoms with van der Waals surface area (Å²) in [5, 5.41) is 9.77. The van der Waals surface area contributed by atoms with Gasteiger partial charge in [0.05, 0.1) is 61.6 Å². The highest BCUT2D eigenvalue weighted by Crippen LogP contribution is 2.40. The molecule has 0 amide bonds. The zero-order valence-corrected chi connectivity index (χ0v) is 77.4. The van der Waals surface area contributed by atoms with Crippen LogP contribution in [0.15, 0.2) is 237 Å². The van der Waals surface area contributed by atoms with Gasteiger partial charge in [0.25, 0.3) is 0 Å². The molecular weight excluding hydrogens is 1480 g/mol. The molecule has 0 saturated heterocycles. The maximum atomic E-state index is 8.73. The number of hydrogen-bond acceptors (Lipinski definition) is 3. The van der Waals surface area contributed by atoms with Crippen molar-refractivity contribution in [1.82, 2.24) is 15.0 Å². The molecule has 8 aromatic carbocycles. The van der Waals surface area contributed by atoms with E-state index in [-0.39, 0.29) is 24.4 Å². The normalized spacial score (nSPS) is 13.6. The summed E-state index contributed by atoms with van der Waals surface area (Å²) in [4.78, 5) is 12.8. The van der Waals surface area contributed by atoms with Crippen molar-refractivity contribution in [2.24, 2.45) is 35.2 Å². The summed E-state index contributed by atoms with van der Waals surface area (Å²) in [7, 11) is 9.76. The average molecular weight is 1630 g/mol. The second kappa shape index (κ2) is 38.1. The third kappa shape index (κ3) is 19.3. The van der Waals surface area contributed by atoms with Crippen molar-refractivity contribution in [3.63, 3.8) is 0 Å². The number of nitrogens with zero attached hydrogens (tertiary/aromatic N) is 8. The third-order valence-electron chi connectivity index (χ3n) is 24.6. The zero-order valence-electron chi connectivity index (χ0n) is 89.4. The van der Waals surface area contributed by atoms with Crippen molar-refractivity contribution in [1.29, 1.82) is 0 Å². The summed E-state index contributed by atoms with van der Waals surface area (Å²) in [6, 6.07) is 56.6. The third-order valence-corrected chi connectivity index (χ3v) is 24.6. The Bertz CT molecular complexity index is 7100. The van der Waals surface area contributed by atoms with Crippen LogP contribution in [0.3, 0.4) is 0 Å². The van der Waals surface area contributed by atoms with Gasteiger partial charge in [-0.2, -0.15) is 13.7 Å². The van der Waals surface area contributed by atoms with Gasteiger partial charge in [0, 0.05) is 101 Å². The maximum Gasteiger partial charge on any atom is 0.222 e. The first kappa shape index (κ1) is 74.1. The summed E-state index contributed by atoms with van der Waals surface area (Å²) >= 11 is 0. The van der Waals surface area contributed by atoms with E-state index in [1.54, 1.807) is 29.9 Å². The van der Waals surface area contributed by atoms with Crippen molar-refractivity contribution in [3.05, 3.63) is 332 Å². The van der Waals surface area contributed by atoms with Crippen LogP contribution in [0.5, 0.6) is 0 Å². The van der Waals surface area contributed by atoms with Crippen molar-refractivity contribution >= 4 is 53.9 Å². The lowest BCUT2D eigenvalue weighted by molar-refractivity contribution is -0.665. The highest BCUT2D eigenvalue weighted by Gasteiger charge is 2.27. The quantitative estimate of drug-likeness (QED) is 0.108. The van der Waals surface area contributed by atoms with Crippen LogP contribution in [0.4, 0.5) is 0 Å². The van der Waals surface area contributed by atoms with Crippen LogP contribution in [-0.2, 0) is 35.2 Å². The minimum atomic E-state index is -2.48. The van der Waals surface area contributed by atoms with Gasteiger partial charge >= 0.3 is 0 Å². The van der Waals surface area contributed by atoms with E-state index in [0.717, 1.165) is 161 Å². The Morgan fingerprint density at radius 1 is 0.295 bits per heavy atom. The number of pyridine rings is 8. The van der Waals surface area contributed by atoms with E-state index in [1.807, 2.05) is 135 Å². The molecule has 0 aliphatic rings. The maximum absolute atomic E-state index is 8.73. The summed E-state index contributed by atoms with van der Waals surface area (Å²) in [6.07, 6.45) is 11.5. The molecule has 0 aliphatic carbocycles. The molecular formula is C114H133N8+5. The summed E-state index contributed by atoms with van der Waals surface area (Å²) < 4.78 is 110. The first-order chi connectivity index (χ1) is 62.8. The summed E-state index contributed by atoms with van der Waals surface area (Å²) in [6.45, 7) is 44.8. The molecule has 16 aromatic rings. The van der Waals surface area contributed by atoms with Crippen molar-refractivity contribution in [2.75, 3.05) is 0 Å². The second-order valence-electron chi connectivity index (χ2n) is 35.2. The molecule has 8 aromatic heterocycles. The molecule has 122 heavy (non-hydrogen) atoms. The molecule has 0 bridgehead atoms. The molecule has 8 heteroatoms. The summed E-state index contributed by atoms with van der Waals surface area (Å²) in [5.41, 5.74) is 30.8. The van der Waals surface area contributed by atoms with Crippen molar-refractivity contribution < 1.29 is 39.3 Å². The van der Waals surface area contributed by atoms with Crippen LogP contribution in [-0.4, -0.2) is 15.0 Å². The van der Waals surface area contributed by atoms with Gasteiger partial charge in [0.15, 0.2) is 29.4 Å². The lowest BCUT2D eigenvalue weighted by atomic mass is 9.90.